The SMILES string of the molecule is CCOC(=O)c1cn(Cc2ccc(C#N)cc2)cc1Cc1cccc(C#N)c1. The van der Waals surface area contributed by atoms with Crippen LogP contribution in [0.2, 0.25) is 0 Å². The predicted octanol–water partition coefficient (Wildman–Crippen LogP) is 4.05. The molecule has 0 unspecified atom stereocenters. The molecule has 0 aliphatic heterocycles. The molecule has 0 aliphatic rings. The number of nitriles is 2. The second-order valence-electron chi connectivity index (χ2n) is 6.39. The van der Waals surface area contributed by atoms with Crippen molar-refractivity contribution >= 4 is 5.97 Å². The number of nitrogens with zero attached hydrogens (tertiary/aromatic N) is 3. The van der Waals surface area contributed by atoms with Gasteiger partial charge in [-0.1, -0.05) is 24.3 Å². The summed E-state index contributed by atoms with van der Waals surface area (Å²) in [6, 6.07) is 19.0. The van der Waals surface area contributed by atoms with E-state index in [1.165, 1.54) is 0 Å². The van der Waals surface area contributed by atoms with Crippen molar-refractivity contribution in [3.63, 3.8) is 0 Å². The normalized spacial score (nSPS) is 10.1. The van der Waals surface area contributed by atoms with Crippen LogP contribution in [-0.2, 0) is 17.7 Å². The van der Waals surface area contributed by atoms with Crippen LogP contribution < -0.4 is 0 Å². The molecule has 1 heterocycles. The lowest BCUT2D eigenvalue weighted by Gasteiger charge is -2.04. The molecule has 0 bridgehead atoms. The Kier molecular flexibility index (Phi) is 5.89. The van der Waals surface area contributed by atoms with Gasteiger partial charge in [-0.2, -0.15) is 10.5 Å². The van der Waals surface area contributed by atoms with Crippen molar-refractivity contribution in [1.29, 1.82) is 10.5 Å². The van der Waals surface area contributed by atoms with Gasteiger partial charge < -0.3 is 9.30 Å². The van der Waals surface area contributed by atoms with Crippen molar-refractivity contribution in [3.05, 3.63) is 94.3 Å². The van der Waals surface area contributed by atoms with Gasteiger partial charge in [0.05, 0.1) is 35.4 Å². The summed E-state index contributed by atoms with van der Waals surface area (Å²) in [4.78, 5) is 12.4. The monoisotopic (exact) mass is 369 g/mol. The topological polar surface area (TPSA) is 78.8 Å². The predicted molar refractivity (Wildman–Crippen MR) is 105 cm³/mol. The van der Waals surface area contributed by atoms with Crippen molar-refractivity contribution in [2.24, 2.45) is 0 Å². The second kappa shape index (κ2) is 8.70. The average molecular weight is 369 g/mol. The van der Waals surface area contributed by atoms with E-state index in [1.807, 2.05) is 41.1 Å². The summed E-state index contributed by atoms with van der Waals surface area (Å²) in [6.07, 6.45) is 4.26. The minimum atomic E-state index is -0.354. The molecule has 0 amide bonds. The van der Waals surface area contributed by atoms with Gasteiger partial charge in [0, 0.05) is 18.9 Å². The van der Waals surface area contributed by atoms with E-state index in [-0.39, 0.29) is 5.97 Å². The van der Waals surface area contributed by atoms with Crippen LogP contribution in [0.3, 0.4) is 0 Å². The van der Waals surface area contributed by atoms with Gasteiger partial charge in [0.2, 0.25) is 0 Å². The maximum Gasteiger partial charge on any atom is 0.339 e. The number of hydrogen-bond donors (Lipinski definition) is 0. The number of hydrogen-bond acceptors (Lipinski definition) is 4. The molecule has 3 rings (SSSR count). The van der Waals surface area contributed by atoms with Crippen LogP contribution in [0.1, 0.15) is 45.1 Å². The van der Waals surface area contributed by atoms with Crippen LogP contribution in [0.25, 0.3) is 0 Å². The Balaban J connectivity index is 1.89. The van der Waals surface area contributed by atoms with Gasteiger partial charge in [0.15, 0.2) is 0 Å². The highest BCUT2D eigenvalue weighted by Crippen LogP contribution is 2.19. The molecule has 3 aromatic rings. The zero-order valence-electron chi connectivity index (χ0n) is 15.6. The molecule has 138 valence electrons. The molecule has 0 N–H and O–H groups in total. The molecule has 5 heteroatoms. The molecule has 0 fully saturated rings. The van der Waals surface area contributed by atoms with Crippen molar-refractivity contribution < 1.29 is 9.53 Å². The van der Waals surface area contributed by atoms with Crippen LogP contribution in [0, 0.1) is 22.7 Å². The van der Waals surface area contributed by atoms with E-state index in [1.54, 1.807) is 31.3 Å². The maximum absolute atomic E-state index is 12.4. The zero-order valence-corrected chi connectivity index (χ0v) is 15.6. The fraction of sp³-hybridized carbons (Fsp3) is 0.174. The summed E-state index contributed by atoms with van der Waals surface area (Å²) >= 11 is 0. The Hall–Kier alpha value is -3.83. The van der Waals surface area contributed by atoms with Crippen molar-refractivity contribution in [2.75, 3.05) is 6.61 Å². The lowest BCUT2D eigenvalue weighted by atomic mass is 10.0. The maximum atomic E-state index is 12.4. The smallest absolute Gasteiger partial charge is 0.339 e. The summed E-state index contributed by atoms with van der Waals surface area (Å²) in [5, 5.41) is 18.0. The Labute approximate surface area is 164 Å². The third-order valence-electron chi connectivity index (χ3n) is 4.36. The van der Waals surface area contributed by atoms with Gasteiger partial charge in [0.25, 0.3) is 0 Å². The molecular weight excluding hydrogens is 350 g/mol. The van der Waals surface area contributed by atoms with E-state index in [0.717, 1.165) is 16.7 Å². The van der Waals surface area contributed by atoms with Gasteiger partial charge in [-0.25, -0.2) is 4.79 Å². The Bertz CT molecular complexity index is 1070. The summed E-state index contributed by atoms with van der Waals surface area (Å²) in [6.45, 7) is 2.67. The standard InChI is InChI=1S/C23H19N3O2/c1-2-28-23(27)22-16-26(14-18-8-6-17(12-24)7-9-18)15-21(22)11-19-4-3-5-20(10-19)13-25/h3-10,15-16H,2,11,14H2,1H3. The number of benzene rings is 2. The number of carbonyl (C=O) groups is 1. The molecule has 5 nitrogen and oxygen atoms in total. The molecule has 0 atom stereocenters. The van der Waals surface area contributed by atoms with E-state index >= 15 is 0 Å². The minimum absolute atomic E-state index is 0.309. The molecule has 28 heavy (non-hydrogen) atoms. The molecule has 0 aliphatic carbocycles. The Morgan fingerprint density at radius 2 is 1.75 bits per heavy atom. The third kappa shape index (κ3) is 4.47. The first-order chi connectivity index (χ1) is 13.6. The van der Waals surface area contributed by atoms with Crippen LogP contribution in [-0.4, -0.2) is 17.1 Å². The van der Waals surface area contributed by atoms with E-state index in [0.29, 0.717) is 36.3 Å². The quantitative estimate of drug-likeness (QED) is 0.614. The average Bonchev–Trinajstić information content (AvgIpc) is 3.11. The zero-order chi connectivity index (χ0) is 19.9. The lowest BCUT2D eigenvalue weighted by molar-refractivity contribution is 0.0525. The highest BCUT2D eigenvalue weighted by Gasteiger charge is 2.16. The summed E-state index contributed by atoms with van der Waals surface area (Å²) in [5.74, 6) is -0.354. The number of carbonyl (C=O) groups excluding carboxylic acids is 1. The minimum Gasteiger partial charge on any atom is -0.462 e. The molecular formula is C23H19N3O2. The van der Waals surface area contributed by atoms with Crippen LogP contribution in [0.5, 0.6) is 0 Å². The summed E-state index contributed by atoms with van der Waals surface area (Å²) in [5.41, 5.74) is 4.57. The number of rotatable bonds is 6. The van der Waals surface area contributed by atoms with E-state index in [4.69, 9.17) is 15.3 Å². The van der Waals surface area contributed by atoms with E-state index in [2.05, 4.69) is 12.1 Å². The van der Waals surface area contributed by atoms with Gasteiger partial charge in [-0.05, 0) is 54.3 Å². The molecule has 0 radical (unpaired) electrons. The first-order valence-electron chi connectivity index (χ1n) is 8.96. The van der Waals surface area contributed by atoms with Gasteiger partial charge in [-0.15, -0.1) is 0 Å². The largest absolute Gasteiger partial charge is 0.462 e. The van der Waals surface area contributed by atoms with Crippen molar-refractivity contribution in [1.82, 2.24) is 4.57 Å². The molecule has 2 aromatic carbocycles. The molecule has 0 spiro atoms. The summed E-state index contributed by atoms with van der Waals surface area (Å²) < 4.78 is 7.15. The first-order valence-corrected chi connectivity index (χ1v) is 8.96. The fourth-order valence-electron chi connectivity index (χ4n) is 3.05. The molecule has 1 aromatic heterocycles. The summed E-state index contributed by atoms with van der Waals surface area (Å²) in [7, 11) is 0. The van der Waals surface area contributed by atoms with Gasteiger partial charge in [0.1, 0.15) is 0 Å². The molecule has 0 saturated heterocycles. The number of esters is 1. The van der Waals surface area contributed by atoms with Crippen LogP contribution in [0.4, 0.5) is 0 Å². The van der Waals surface area contributed by atoms with Crippen molar-refractivity contribution in [3.8, 4) is 12.1 Å². The number of aromatic nitrogens is 1. The van der Waals surface area contributed by atoms with E-state index in [9.17, 15) is 4.79 Å². The number of ether oxygens (including phenoxy) is 1. The highest BCUT2D eigenvalue weighted by atomic mass is 16.5. The molecule has 0 saturated carbocycles. The third-order valence-corrected chi connectivity index (χ3v) is 4.36. The van der Waals surface area contributed by atoms with Crippen LogP contribution >= 0.6 is 0 Å². The Morgan fingerprint density at radius 3 is 2.43 bits per heavy atom. The fourth-order valence-corrected chi connectivity index (χ4v) is 3.05. The Morgan fingerprint density at radius 1 is 1.00 bits per heavy atom. The van der Waals surface area contributed by atoms with Gasteiger partial charge in [-0.3, -0.25) is 0 Å². The second-order valence-corrected chi connectivity index (χ2v) is 6.39. The van der Waals surface area contributed by atoms with Crippen molar-refractivity contribution in [2.45, 2.75) is 19.9 Å². The highest BCUT2D eigenvalue weighted by molar-refractivity contribution is 5.91. The van der Waals surface area contributed by atoms with E-state index < -0.39 is 0 Å². The van der Waals surface area contributed by atoms with Gasteiger partial charge >= 0.3 is 5.97 Å². The lowest BCUT2D eigenvalue weighted by Crippen LogP contribution is -2.06. The van der Waals surface area contributed by atoms with Crippen LogP contribution in [0.15, 0.2) is 60.9 Å². The first kappa shape index (κ1) is 18.9.